The van der Waals surface area contributed by atoms with Crippen molar-refractivity contribution in [2.24, 2.45) is 16.6 Å². The fourth-order valence-corrected chi connectivity index (χ4v) is 2.73. The molecule has 23 heavy (non-hydrogen) atoms. The quantitative estimate of drug-likeness (QED) is 0.665. The number of benzene rings is 1. The lowest BCUT2D eigenvalue weighted by Gasteiger charge is -2.31. The lowest BCUT2D eigenvalue weighted by atomic mass is 10.00. The van der Waals surface area contributed by atoms with Gasteiger partial charge in [-0.2, -0.15) is 0 Å². The fourth-order valence-electron chi connectivity index (χ4n) is 2.73. The second kappa shape index (κ2) is 7.94. The Morgan fingerprint density at radius 1 is 1.13 bits per heavy atom. The van der Waals surface area contributed by atoms with Crippen LogP contribution in [0.15, 0.2) is 17.1 Å². The van der Waals surface area contributed by atoms with Crippen molar-refractivity contribution in [1.82, 2.24) is 4.90 Å². The Kier molecular flexibility index (Phi) is 5.96. The standard InChI is InChI=1S/C17H27N3O3/c1-12-5-7-20(8-6-12)17(18)19-11-14-15(22-3)9-13(21-2)10-16(14)23-4/h9-10,12H,5-8,11H2,1-4H3,(H2,18,19). The van der Waals surface area contributed by atoms with Gasteiger partial charge in [-0.15, -0.1) is 0 Å². The molecule has 0 unspecified atom stereocenters. The molecular formula is C17H27N3O3. The molecule has 1 aliphatic heterocycles. The largest absolute Gasteiger partial charge is 0.496 e. The molecule has 0 spiro atoms. The predicted molar refractivity (Wildman–Crippen MR) is 91.4 cm³/mol. The molecular weight excluding hydrogens is 294 g/mol. The summed E-state index contributed by atoms with van der Waals surface area (Å²) in [6, 6.07) is 3.65. The van der Waals surface area contributed by atoms with Crippen LogP contribution in [-0.4, -0.2) is 45.3 Å². The third-order valence-electron chi connectivity index (χ3n) is 4.32. The Balaban J connectivity index is 2.16. The first kappa shape index (κ1) is 17.2. The Morgan fingerprint density at radius 2 is 1.70 bits per heavy atom. The highest BCUT2D eigenvalue weighted by Crippen LogP contribution is 2.34. The van der Waals surface area contributed by atoms with E-state index < -0.39 is 0 Å². The van der Waals surface area contributed by atoms with Gasteiger partial charge in [-0.1, -0.05) is 6.92 Å². The predicted octanol–water partition coefficient (Wildman–Crippen LogP) is 2.26. The minimum atomic E-state index is 0.411. The zero-order valence-electron chi connectivity index (χ0n) is 14.5. The third-order valence-corrected chi connectivity index (χ3v) is 4.32. The van der Waals surface area contributed by atoms with Crippen molar-refractivity contribution < 1.29 is 14.2 Å². The maximum absolute atomic E-state index is 6.15. The number of nitrogens with zero attached hydrogens (tertiary/aromatic N) is 2. The highest BCUT2D eigenvalue weighted by atomic mass is 16.5. The number of likely N-dealkylation sites (tertiary alicyclic amines) is 1. The lowest BCUT2D eigenvalue weighted by molar-refractivity contribution is 0.277. The Bertz CT molecular complexity index is 527. The maximum Gasteiger partial charge on any atom is 0.191 e. The number of guanidine groups is 1. The summed E-state index contributed by atoms with van der Waals surface area (Å²) in [6.45, 7) is 4.62. The van der Waals surface area contributed by atoms with Gasteiger partial charge in [0.25, 0.3) is 0 Å². The Labute approximate surface area is 138 Å². The monoisotopic (exact) mass is 321 g/mol. The molecule has 0 aromatic heterocycles. The minimum Gasteiger partial charge on any atom is -0.496 e. The number of rotatable bonds is 5. The molecule has 1 heterocycles. The van der Waals surface area contributed by atoms with Gasteiger partial charge < -0.3 is 24.8 Å². The van der Waals surface area contributed by atoms with E-state index in [9.17, 15) is 0 Å². The number of aliphatic imine (C=N–C) groups is 1. The second-order valence-corrected chi connectivity index (χ2v) is 5.85. The van der Waals surface area contributed by atoms with Crippen LogP contribution in [0.25, 0.3) is 0 Å². The van der Waals surface area contributed by atoms with Crippen LogP contribution in [0.4, 0.5) is 0 Å². The van der Waals surface area contributed by atoms with Gasteiger partial charge in [-0.3, -0.25) is 0 Å². The van der Waals surface area contributed by atoms with E-state index in [1.807, 2.05) is 12.1 Å². The van der Waals surface area contributed by atoms with Crippen molar-refractivity contribution in [2.45, 2.75) is 26.3 Å². The van der Waals surface area contributed by atoms with Gasteiger partial charge in [0, 0.05) is 25.2 Å². The molecule has 6 heteroatoms. The number of piperidine rings is 1. The van der Waals surface area contributed by atoms with Gasteiger partial charge in [-0.25, -0.2) is 4.99 Å². The summed E-state index contributed by atoms with van der Waals surface area (Å²) in [5.74, 6) is 3.40. The van der Waals surface area contributed by atoms with Crippen LogP contribution in [0, 0.1) is 5.92 Å². The number of ether oxygens (including phenoxy) is 3. The molecule has 0 radical (unpaired) electrons. The van der Waals surface area contributed by atoms with Crippen molar-refractivity contribution in [1.29, 1.82) is 0 Å². The van der Waals surface area contributed by atoms with E-state index >= 15 is 0 Å². The zero-order valence-corrected chi connectivity index (χ0v) is 14.5. The Hall–Kier alpha value is -2.11. The molecule has 1 aromatic carbocycles. The van der Waals surface area contributed by atoms with Gasteiger partial charge in [-0.05, 0) is 18.8 Å². The molecule has 0 atom stereocenters. The molecule has 6 nitrogen and oxygen atoms in total. The van der Waals surface area contributed by atoms with Crippen LogP contribution >= 0.6 is 0 Å². The molecule has 1 aromatic rings. The zero-order chi connectivity index (χ0) is 16.8. The molecule has 0 aliphatic carbocycles. The maximum atomic E-state index is 6.15. The SMILES string of the molecule is COc1cc(OC)c(CN=C(N)N2CCC(C)CC2)c(OC)c1. The van der Waals surface area contributed by atoms with E-state index in [1.54, 1.807) is 21.3 Å². The number of methoxy groups -OCH3 is 3. The summed E-state index contributed by atoms with van der Waals surface area (Å²) in [7, 11) is 4.86. The number of hydrogen-bond acceptors (Lipinski definition) is 4. The summed E-state index contributed by atoms with van der Waals surface area (Å²) in [6.07, 6.45) is 2.32. The van der Waals surface area contributed by atoms with E-state index in [-0.39, 0.29) is 0 Å². The van der Waals surface area contributed by atoms with Crippen molar-refractivity contribution in [3.8, 4) is 17.2 Å². The molecule has 0 amide bonds. The van der Waals surface area contributed by atoms with Crippen LogP contribution in [0.5, 0.6) is 17.2 Å². The first-order valence-corrected chi connectivity index (χ1v) is 7.92. The van der Waals surface area contributed by atoms with Gasteiger partial charge in [0.15, 0.2) is 5.96 Å². The highest BCUT2D eigenvalue weighted by Gasteiger charge is 2.18. The molecule has 0 saturated carbocycles. The number of nitrogens with two attached hydrogens (primary N) is 1. The van der Waals surface area contributed by atoms with Crippen LogP contribution in [0.2, 0.25) is 0 Å². The van der Waals surface area contributed by atoms with Crippen molar-refractivity contribution in [2.75, 3.05) is 34.4 Å². The second-order valence-electron chi connectivity index (χ2n) is 5.85. The summed E-state index contributed by atoms with van der Waals surface area (Å²) >= 11 is 0. The van der Waals surface area contributed by atoms with E-state index in [4.69, 9.17) is 19.9 Å². The summed E-state index contributed by atoms with van der Waals surface area (Å²) < 4.78 is 16.1. The van der Waals surface area contributed by atoms with Crippen LogP contribution in [-0.2, 0) is 6.54 Å². The van der Waals surface area contributed by atoms with Crippen molar-refractivity contribution in [3.63, 3.8) is 0 Å². The van der Waals surface area contributed by atoms with Gasteiger partial charge in [0.05, 0.1) is 33.4 Å². The van der Waals surface area contributed by atoms with Crippen LogP contribution < -0.4 is 19.9 Å². The van der Waals surface area contributed by atoms with Gasteiger partial charge in [0.2, 0.25) is 0 Å². The van der Waals surface area contributed by atoms with E-state index in [1.165, 1.54) is 0 Å². The van der Waals surface area contributed by atoms with E-state index in [0.717, 1.165) is 37.4 Å². The third kappa shape index (κ3) is 4.21. The van der Waals surface area contributed by atoms with Crippen molar-refractivity contribution >= 4 is 5.96 Å². The normalized spacial score (nSPS) is 16.3. The molecule has 1 saturated heterocycles. The fraction of sp³-hybridized carbons (Fsp3) is 0.588. The van der Waals surface area contributed by atoms with Crippen LogP contribution in [0.1, 0.15) is 25.3 Å². The van der Waals surface area contributed by atoms with E-state index in [0.29, 0.717) is 29.8 Å². The van der Waals surface area contributed by atoms with Gasteiger partial charge >= 0.3 is 0 Å². The minimum absolute atomic E-state index is 0.411. The molecule has 1 fully saturated rings. The van der Waals surface area contributed by atoms with E-state index in [2.05, 4.69) is 16.8 Å². The highest BCUT2D eigenvalue weighted by molar-refractivity contribution is 5.78. The molecule has 1 aliphatic rings. The Morgan fingerprint density at radius 3 is 2.17 bits per heavy atom. The summed E-state index contributed by atoms with van der Waals surface area (Å²) in [4.78, 5) is 6.68. The lowest BCUT2D eigenvalue weighted by Crippen LogP contribution is -2.42. The first-order chi connectivity index (χ1) is 11.1. The molecule has 2 N–H and O–H groups in total. The van der Waals surface area contributed by atoms with Crippen LogP contribution in [0.3, 0.4) is 0 Å². The molecule has 0 bridgehead atoms. The van der Waals surface area contributed by atoms with Crippen molar-refractivity contribution in [3.05, 3.63) is 17.7 Å². The topological polar surface area (TPSA) is 69.3 Å². The number of hydrogen-bond donors (Lipinski definition) is 1. The first-order valence-electron chi connectivity index (χ1n) is 7.92. The summed E-state index contributed by atoms with van der Waals surface area (Å²) in [5, 5.41) is 0. The average Bonchev–Trinajstić information content (AvgIpc) is 2.59. The summed E-state index contributed by atoms with van der Waals surface area (Å²) in [5.41, 5.74) is 7.02. The smallest absolute Gasteiger partial charge is 0.191 e. The van der Waals surface area contributed by atoms with Gasteiger partial charge in [0.1, 0.15) is 17.2 Å². The molecule has 2 rings (SSSR count). The average molecular weight is 321 g/mol. The molecule has 128 valence electrons.